The molecular weight excluding hydrogens is 378 g/mol. The molecule has 2 rings (SSSR count). The van der Waals surface area contributed by atoms with Crippen LogP contribution in [0.5, 0.6) is 0 Å². The summed E-state index contributed by atoms with van der Waals surface area (Å²) in [6, 6.07) is 12.2. The molecular formula is C17H18ClN3O4S. The van der Waals surface area contributed by atoms with Crippen molar-refractivity contribution in [3.05, 3.63) is 59.1 Å². The van der Waals surface area contributed by atoms with Gasteiger partial charge in [0.25, 0.3) is 0 Å². The van der Waals surface area contributed by atoms with Crippen molar-refractivity contribution in [3.8, 4) is 0 Å². The predicted octanol–water partition coefficient (Wildman–Crippen LogP) is 1.63. The second-order valence-electron chi connectivity index (χ2n) is 5.60. The summed E-state index contributed by atoms with van der Waals surface area (Å²) in [5.74, 6) is -0.941. The van der Waals surface area contributed by atoms with Crippen LogP contribution in [0.3, 0.4) is 0 Å². The molecule has 0 heterocycles. The number of primary amides is 1. The molecule has 0 bridgehead atoms. The average Bonchev–Trinajstić information content (AvgIpc) is 2.56. The maximum atomic E-state index is 12.4. The number of nitrogens with zero attached hydrogens (tertiary/aromatic N) is 1. The Bertz CT molecular complexity index is 897. The van der Waals surface area contributed by atoms with Crippen LogP contribution in [0.1, 0.15) is 5.56 Å². The van der Waals surface area contributed by atoms with E-state index in [1.54, 1.807) is 24.3 Å². The number of sulfonamides is 1. The molecule has 0 saturated heterocycles. The molecule has 3 N–H and O–H groups in total. The van der Waals surface area contributed by atoms with Gasteiger partial charge in [-0.15, -0.1) is 0 Å². The molecule has 0 saturated carbocycles. The minimum absolute atomic E-state index is 0.0491. The maximum absolute atomic E-state index is 12.4. The number of carbonyl (C=O) groups is 2. The second kappa shape index (κ2) is 8.31. The molecule has 7 nitrogen and oxygen atoms in total. The number of nitrogens with two attached hydrogens (primary N) is 1. The fraction of sp³-hybridized carbons (Fsp3) is 0.176. The van der Waals surface area contributed by atoms with Crippen LogP contribution in [0, 0.1) is 0 Å². The number of anilines is 1. The number of carbonyl (C=O) groups excluding carboxylic acids is 2. The van der Waals surface area contributed by atoms with E-state index in [9.17, 15) is 18.0 Å². The van der Waals surface area contributed by atoms with Gasteiger partial charge in [-0.3, -0.25) is 9.59 Å². The van der Waals surface area contributed by atoms with Gasteiger partial charge in [-0.25, -0.2) is 8.42 Å². The highest BCUT2D eigenvalue weighted by Crippen LogP contribution is 2.17. The summed E-state index contributed by atoms with van der Waals surface area (Å²) < 4.78 is 25.8. The number of benzene rings is 2. The van der Waals surface area contributed by atoms with Gasteiger partial charge in [0.1, 0.15) is 0 Å². The summed E-state index contributed by atoms with van der Waals surface area (Å²) in [6.45, 7) is -0.353. The zero-order valence-electron chi connectivity index (χ0n) is 14.0. The van der Waals surface area contributed by atoms with E-state index in [4.69, 9.17) is 17.3 Å². The molecule has 2 aromatic rings. The summed E-state index contributed by atoms with van der Waals surface area (Å²) in [7, 11) is -2.48. The van der Waals surface area contributed by atoms with Crippen molar-refractivity contribution in [3.63, 3.8) is 0 Å². The molecule has 0 unspecified atom stereocenters. The highest BCUT2D eigenvalue weighted by molar-refractivity contribution is 7.89. The van der Waals surface area contributed by atoms with Crippen molar-refractivity contribution in [1.29, 1.82) is 0 Å². The smallest absolute Gasteiger partial charge is 0.243 e. The molecule has 138 valence electrons. The van der Waals surface area contributed by atoms with Crippen LogP contribution in [0.4, 0.5) is 5.69 Å². The number of rotatable bonds is 7. The number of amides is 2. The largest absolute Gasteiger partial charge is 0.369 e. The Labute approximate surface area is 156 Å². The van der Waals surface area contributed by atoms with Crippen LogP contribution in [0.25, 0.3) is 0 Å². The molecule has 0 aliphatic carbocycles. The third kappa shape index (κ3) is 5.29. The Kier molecular flexibility index (Phi) is 6.36. The molecule has 2 amide bonds. The van der Waals surface area contributed by atoms with E-state index in [0.29, 0.717) is 10.7 Å². The third-order valence-corrected chi connectivity index (χ3v) is 5.57. The van der Waals surface area contributed by atoms with Crippen LogP contribution >= 0.6 is 11.6 Å². The van der Waals surface area contributed by atoms with Crippen LogP contribution in [-0.2, 0) is 26.0 Å². The minimum atomic E-state index is -3.80. The van der Waals surface area contributed by atoms with Gasteiger partial charge in [-0.1, -0.05) is 23.7 Å². The predicted molar refractivity (Wildman–Crippen MR) is 99.2 cm³/mol. The van der Waals surface area contributed by atoms with Crippen LogP contribution in [-0.4, -0.2) is 38.1 Å². The SMILES string of the molecule is CN(CC(=O)Nc1ccc(CC(N)=O)cc1)S(=O)(=O)c1ccc(Cl)cc1. The molecule has 0 aliphatic rings. The monoisotopic (exact) mass is 395 g/mol. The van der Waals surface area contributed by atoms with Crippen LogP contribution in [0.15, 0.2) is 53.4 Å². The van der Waals surface area contributed by atoms with E-state index < -0.39 is 21.8 Å². The lowest BCUT2D eigenvalue weighted by Gasteiger charge is -2.17. The van der Waals surface area contributed by atoms with Crippen molar-refractivity contribution in [2.45, 2.75) is 11.3 Å². The lowest BCUT2D eigenvalue weighted by molar-refractivity contribution is -0.117. The molecule has 2 aromatic carbocycles. The van der Waals surface area contributed by atoms with Gasteiger partial charge in [-0.2, -0.15) is 4.31 Å². The average molecular weight is 396 g/mol. The van der Waals surface area contributed by atoms with Gasteiger partial charge in [0.05, 0.1) is 17.9 Å². The summed E-state index contributed by atoms with van der Waals surface area (Å²) in [5, 5.41) is 3.02. The summed E-state index contributed by atoms with van der Waals surface area (Å²) in [6.07, 6.45) is 0.107. The molecule has 26 heavy (non-hydrogen) atoms. The van der Waals surface area contributed by atoms with Crippen molar-refractivity contribution in [2.75, 3.05) is 18.9 Å². The minimum Gasteiger partial charge on any atom is -0.369 e. The molecule has 9 heteroatoms. The quantitative estimate of drug-likeness (QED) is 0.742. The van der Waals surface area contributed by atoms with Gasteiger partial charge in [0.15, 0.2) is 0 Å². The fourth-order valence-electron chi connectivity index (χ4n) is 2.18. The summed E-state index contributed by atoms with van der Waals surface area (Å²) in [4.78, 5) is 23.0. The van der Waals surface area contributed by atoms with E-state index >= 15 is 0 Å². The van der Waals surface area contributed by atoms with Gasteiger partial charge in [0, 0.05) is 17.8 Å². The number of halogens is 1. The first-order valence-electron chi connectivity index (χ1n) is 7.57. The number of likely N-dealkylation sites (N-methyl/N-ethyl adjacent to an activating group) is 1. The van der Waals surface area contributed by atoms with E-state index in [-0.39, 0.29) is 17.9 Å². The second-order valence-corrected chi connectivity index (χ2v) is 8.08. The standard InChI is InChI=1S/C17H18ClN3O4S/c1-21(26(24,25)15-8-4-13(18)5-9-15)11-17(23)20-14-6-2-12(3-7-14)10-16(19)22/h2-9H,10-11H2,1H3,(H2,19,22)(H,20,23). The van der Waals surface area contributed by atoms with Gasteiger partial charge in [0.2, 0.25) is 21.8 Å². The molecule has 0 aliphatic heterocycles. The first-order chi connectivity index (χ1) is 12.2. The Balaban J connectivity index is 2.00. The number of nitrogens with one attached hydrogen (secondary N) is 1. The topological polar surface area (TPSA) is 110 Å². The molecule has 0 radical (unpaired) electrons. The van der Waals surface area contributed by atoms with E-state index in [1.807, 2.05) is 0 Å². The molecule has 0 atom stereocenters. The lowest BCUT2D eigenvalue weighted by Crippen LogP contribution is -2.34. The summed E-state index contributed by atoms with van der Waals surface area (Å²) >= 11 is 5.76. The Morgan fingerprint density at radius 3 is 2.19 bits per heavy atom. The third-order valence-electron chi connectivity index (χ3n) is 3.50. The normalized spacial score (nSPS) is 11.3. The van der Waals surface area contributed by atoms with Gasteiger partial charge in [-0.05, 0) is 42.0 Å². The van der Waals surface area contributed by atoms with E-state index in [0.717, 1.165) is 9.87 Å². The molecule has 0 spiro atoms. The van der Waals surface area contributed by atoms with Crippen molar-refractivity contribution < 1.29 is 18.0 Å². The zero-order valence-corrected chi connectivity index (χ0v) is 15.5. The lowest BCUT2D eigenvalue weighted by atomic mass is 10.1. The first kappa shape index (κ1) is 19.9. The van der Waals surface area contributed by atoms with E-state index in [1.165, 1.54) is 31.3 Å². The molecule has 0 fully saturated rings. The van der Waals surface area contributed by atoms with Gasteiger partial charge >= 0.3 is 0 Å². The van der Waals surface area contributed by atoms with Crippen LogP contribution in [0.2, 0.25) is 5.02 Å². The molecule has 0 aromatic heterocycles. The summed E-state index contributed by atoms with van der Waals surface area (Å²) in [5.41, 5.74) is 6.32. The zero-order chi connectivity index (χ0) is 19.3. The number of hydrogen-bond acceptors (Lipinski definition) is 4. The van der Waals surface area contributed by atoms with Crippen LogP contribution < -0.4 is 11.1 Å². The van der Waals surface area contributed by atoms with E-state index in [2.05, 4.69) is 5.32 Å². The Morgan fingerprint density at radius 2 is 1.65 bits per heavy atom. The Morgan fingerprint density at radius 1 is 1.08 bits per heavy atom. The highest BCUT2D eigenvalue weighted by Gasteiger charge is 2.22. The first-order valence-corrected chi connectivity index (χ1v) is 9.39. The van der Waals surface area contributed by atoms with Crippen molar-refractivity contribution in [2.24, 2.45) is 5.73 Å². The Hall–Kier alpha value is -2.42. The highest BCUT2D eigenvalue weighted by atomic mass is 35.5. The van der Waals surface area contributed by atoms with Crippen molar-refractivity contribution >= 4 is 39.1 Å². The van der Waals surface area contributed by atoms with Crippen molar-refractivity contribution in [1.82, 2.24) is 4.31 Å². The number of hydrogen-bond donors (Lipinski definition) is 2. The fourth-order valence-corrected chi connectivity index (χ4v) is 3.43. The van der Waals surface area contributed by atoms with Gasteiger partial charge < -0.3 is 11.1 Å². The maximum Gasteiger partial charge on any atom is 0.243 e.